The minimum atomic E-state index is -0.199. The molecule has 2 aromatic rings. The third-order valence-corrected chi connectivity index (χ3v) is 3.30. The number of halogens is 1. The second-order valence-electron chi connectivity index (χ2n) is 4.74. The first-order valence-corrected chi connectivity index (χ1v) is 7.14. The number of hydrogen-bond acceptors (Lipinski definition) is 2. The fourth-order valence-electron chi connectivity index (χ4n) is 1.61. The van der Waals surface area contributed by atoms with Crippen molar-refractivity contribution in [2.24, 2.45) is 0 Å². The van der Waals surface area contributed by atoms with E-state index >= 15 is 0 Å². The summed E-state index contributed by atoms with van der Waals surface area (Å²) in [5.74, 6) is 0.695. The number of hydrogen-bond donors (Lipinski definition) is 2. The smallest absolute Gasteiger partial charge is 0.249 e. The Morgan fingerprint density at radius 3 is 2.65 bits per heavy atom. The highest BCUT2D eigenvalue weighted by Gasteiger charge is 2.05. The lowest BCUT2D eigenvalue weighted by Gasteiger charge is -1.97. The third-order valence-electron chi connectivity index (χ3n) is 2.77. The number of carbonyl (C=O) groups is 1. The lowest BCUT2D eigenvalue weighted by molar-refractivity contribution is -0.111. The molecule has 0 atom stereocenters. The van der Waals surface area contributed by atoms with Crippen molar-refractivity contribution in [2.45, 2.75) is 19.8 Å². The number of rotatable bonds is 4. The summed E-state index contributed by atoms with van der Waals surface area (Å²) in [6.07, 6.45) is 3.25. The van der Waals surface area contributed by atoms with Crippen LogP contribution in [0.1, 0.15) is 31.0 Å². The second-order valence-corrected chi connectivity index (χ2v) is 5.65. The maximum Gasteiger partial charge on any atom is 0.249 e. The van der Waals surface area contributed by atoms with Crippen LogP contribution in [-0.2, 0) is 4.79 Å². The van der Waals surface area contributed by atoms with E-state index in [9.17, 15) is 4.79 Å². The van der Waals surface area contributed by atoms with Gasteiger partial charge in [0.15, 0.2) is 5.82 Å². The highest BCUT2D eigenvalue weighted by molar-refractivity contribution is 9.10. The Kier molecular flexibility index (Phi) is 4.74. The van der Waals surface area contributed by atoms with Crippen LogP contribution in [0.4, 0.5) is 5.82 Å². The van der Waals surface area contributed by atoms with Crippen LogP contribution in [0.15, 0.2) is 40.9 Å². The molecule has 1 amide bonds. The molecule has 0 saturated carbocycles. The number of nitrogens with zero attached hydrogens (tertiary/aromatic N) is 1. The molecular formula is C15H16BrN3O. The molecule has 0 spiro atoms. The molecule has 20 heavy (non-hydrogen) atoms. The Morgan fingerprint density at radius 1 is 1.35 bits per heavy atom. The summed E-state index contributed by atoms with van der Waals surface area (Å²) in [5, 5.41) is 9.66. The van der Waals surface area contributed by atoms with E-state index in [0.29, 0.717) is 11.7 Å². The summed E-state index contributed by atoms with van der Waals surface area (Å²) in [6, 6.07) is 9.56. The van der Waals surface area contributed by atoms with Gasteiger partial charge < -0.3 is 5.32 Å². The van der Waals surface area contributed by atoms with Crippen molar-refractivity contribution in [1.29, 1.82) is 0 Å². The summed E-state index contributed by atoms with van der Waals surface area (Å²) in [6.45, 7) is 4.12. The first kappa shape index (κ1) is 14.5. The van der Waals surface area contributed by atoms with Crippen molar-refractivity contribution < 1.29 is 4.79 Å². The van der Waals surface area contributed by atoms with E-state index in [1.54, 1.807) is 6.08 Å². The van der Waals surface area contributed by atoms with Gasteiger partial charge in [0.25, 0.3) is 0 Å². The van der Waals surface area contributed by atoms with Gasteiger partial charge in [-0.25, -0.2) is 0 Å². The quantitative estimate of drug-likeness (QED) is 0.832. The first-order valence-electron chi connectivity index (χ1n) is 6.34. The minimum absolute atomic E-state index is 0.199. The van der Waals surface area contributed by atoms with Crippen LogP contribution >= 0.6 is 15.9 Å². The standard InChI is InChI=1S/C15H16BrN3O/c1-10(2)13-9-14(19-18-13)17-15(20)8-5-11-3-6-12(16)7-4-11/h3-10H,1-2H3,(H2,17,18,19,20)/b8-5+. The number of anilines is 1. The zero-order valence-electron chi connectivity index (χ0n) is 11.4. The molecule has 0 radical (unpaired) electrons. The molecule has 0 aliphatic heterocycles. The monoisotopic (exact) mass is 333 g/mol. The average Bonchev–Trinajstić information content (AvgIpc) is 2.87. The van der Waals surface area contributed by atoms with Crippen LogP contribution in [0.5, 0.6) is 0 Å². The molecule has 1 heterocycles. The molecule has 0 aliphatic rings. The van der Waals surface area contributed by atoms with Gasteiger partial charge >= 0.3 is 0 Å². The number of benzene rings is 1. The van der Waals surface area contributed by atoms with Crippen molar-refractivity contribution in [3.63, 3.8) is 0 Å². The van der Waals surface area contributed by atoms with Gasteiger partial charge in [0.05, 0.1) is 0 Å². The van der Waals surface area contributed by atoms with Gasteiger partial charge in [0, 0.05) is 22.3 Å². The van der Waals surface area contributed by atoms with Crippen molar-refractivity contribution in [3.05, 3.63) is 52.1 Å². The van der Waals surface area contributed by atoms with Gasteiger partial charge in [-0.15, -0.1) is 0 Å². The first-order chi connectivity index (χ1) is 9.54. The predicted molar refractivity (Wildman–Crippen MR) is 84.5 cm³/mol. The summed E-state index contributed by atoms with van der Waals surface area (Å²) < 4.78 is 1.01. The van der Waals surface area contributed by atoms with Crippen LogP contribution in [0.25, 0.3) is 6.08 Å². The number of H-pyrrole nitrogens is 1. The molecule has 2 N–H and O–H groups in total. The van der Waals surface area contributed by atoms with Crippen molar-refractivity contribution >= 4 is 33.7 Å². The molecule has 1 aromatic carbocycles. The van der Waals surface area contributed by atoms with Gasteiger partial charge in [-0.1, -0.05) is 41.9 Å². The predicted octanol–water partition coefficient (Wildman–Crippen LogP) is 3.95. The molecule has 0 unspecified atom stereocenters. The molecule has 4 nitrogen and oxygen atoms in total. The Labute approximate surface area is 126 Å². The Morgan fingerprint density at radius 2 is 2.05 bits per heavy atom. The van der Waals surface area contributed by atoms with Gasteiger partial charge in [0.1, 0.15) is 0 Å². The SMILES string of the molecule is CC(C)c1cc(NC(=O)/C=C/c2ccc(Br)cc2)n[nH]1. The summed E-state index contributed by atoms with van der Waals surface area (Å²) in [4.78, 5) is 11.8. The Hall–Kier alpha value is -1.88. The van der Waals surface area contributed by atoms with Gasteiger partial charge in [-0.2, -0.15) is 5.10 Å². The fraction of sp³-hybridized carbons (Fsp3) is 0.200. The van der Waals surface area contributed by atoms with Crippen molar-refractivity contribution in [2.75, 3.05) is 5.32 Å². The van der Waals surface area contributed by atoms with E-state index in [-0.39, 0.29) is 5.91 Å². The van der Waals surface area contributed by atoms with Gasteiger partial charge in [0.2, 0.25) is 5.91 Å². The average molecular weight is 334 g/mol. The summed E-state index contributed by atoms with van der Waals surface area (Å²) in [5.41, 5.74) is 1.96. The maximum atomic E-state index is 11.8. The molecule has 0 saturated heterocycles. The van der Waals surface area contributed by atoms with Crippen LogP contribution in [0.3, 0.4) is 0 Å². The second kappa shape index (κ2) is 6.52. The van der Waals surface area contributed by atoms with Crippen molar-refractivity contribution in [1.82, 2.24) is 10.2 Å². The van der Waals surface area contributed by atoms with E-state index in [1.807, 2.05) is 30.3 Å². The van der Waals surface area contributed by atoms with Gasteiger partial charge in [-0.3, -0.25) is 9.89 Å². The summed E-state index contributed by atoms with van der Waals surface area (Å²) in [7, 11) is 0. The molecule has 0 bridgehead atoms. The summed E-state index contributed by atoms with van der Waals surface area (Å²) >= 11 is 3.37. The number of carbonyl (C=O) groups excluding carboxylic acids is 1. The fourth-order valence-corrected chi connectivity index (χ4v) is 1.87. The molecule has 5 heteroatoms. The topological polar surface area (TPSA) is 57.8 Å². The van der Waals surface area contributed by atoms with Gasteiger partial charge in [-0.05, 0) is 29.7 Å². The zero-order valence-corrected chi connectivity index (χ0v) is 12.9. The zero-order chi connectivity index (χ0) is 14.5. The number of aromatic nitrogens is 2. The molecule has 0 fully saturated rings. The van der Waals surface area contributed by atoms with Crippen LogP contribution in [-0.4, -0.2) is 16.1 Å². The number of amides is 1. The third kappa shape index (κ3) is 4.06. The Bertz CT molecular complexity index is 614. The normalized spacial score (nSPS) is 11.2. The van der Waals surface area contributed by atoms with E-state index < -0.39 is 0 Å². The largest absolute Gasteiger partial charge is 0.306 e. The lowest BCUT2D eigenvalue weighted by atomic mass is 10.1. The molecule has 2 rings (SSSR count). The van der Waals surface area contributed by atoms with E-state index in [0.717, 1.165) is 15.7 Å². The van der Waals surface area contributed by atoms with Crippen molar-refractivity contribution in [3.8, 4) is 0 Å². The molecular weight excluding hydrogens is 318 g/mol. The van der Waals surface area contributed by atoms with Crippen LogP contribution < -0.4 is 5.32 Å². The molecule has 1 aromatic heterocycles. The van der Waals surface area contributed by atoms with Crippen LogP contribution in [0.2, 0.25) is 0 Å². The minimum Gasteiger partial charge on any atom is -0.306 e. The maximum absolute atomic E-state index is 11.8. The highest BCUT2D eigenvalue weighted by atomic mass is 79.9. The Balaban J connectivity index is 1.96. The molecule has 104 valence electrons. The number of aromatic amines is 1. The lowest BCUT2D eigenvalue weighted by Crippen LogP contribution is -2.07. The van der Waals surface area contributed by atoms with E-state index in [4.69, 9.17) is 0 Å². The van der Waals surface area contributed by atoms with Crippen LogP contribution in [0, 0.1) is 0 Å². The molecule has 0 aliphatic carbocycles. The van der Waals surface area contributed by atoms with E-state index in [2.05, 4.69) is 45.3 Å². The number of nitrogens with one attached hydrogen (secondary N) is 2. The highest BCUT2D eigenvalue weighted by Crippen LogP contribution is 2.15. The van der Waals surface area contributed by atoms with E-state index in [1.165, 1.54) is 6.08 Å².